The van der Waals surface area contributed by atoms with Gasteiger partial charge in [-0.1, -0.05) is 0 Å². The van der Waals surface area contributed by atoms with Gasteiger partial charge in [-0.15, -0.1) is 0 Å². The van der Waals surface area contributed by atoms with Crippen molar-refractivity contribution in [1.82, 2.24) is 0 Å². The monoisotopic (exact) mass is 706 g/mol. The predicted octanol–water partition coefficient (Wildman–Crippen LogP) is 4.19. The Bertz CT molecular complexity index is 1810. The van der Waals surface area contributed by atoms with E-state index in [9.17, 15) is 0 Å². The molecule has 45 heavy (non-hydrogen) atoms. The van der Waals surface area contributed by atoms with Crippen LogP contribution in [0.15, 0.2) is 113 Å². The molecule has 0 amide bonds. The Morgan fingerprint density at radius 1 is 0.756 bits per heavy atom. The SMILES string of the molecule is C=Cc1ccc2c(c1)-c1cc(C=C)c[c]([Zr+2]([C]3=CC(C(C)(C)C)=CC3C)=[C](c3ccc(C)cc3)c3ccc(C)cc3)c1C2.[Cl-].[Cl-]. The summed E-state index contributed by atoms with van der Waals surface area (Å²) in [6.45, 7) is 22.2. The van der Waals surface area contributed by atoms with Crippen molar-refractivity contribution in [2.75, 3.05) is 0 Å². The van der Waals surface area contributed by atoms with Crippen molar-refractivity contribution < 1.29 is 46.1 Å². The molecule has 0 nitrogen and oxygen atoms in total. The molecule has 0 spiro atoms. The second-order valence-corrected chi connectivity index (χ2v) is 19.2. The van der Waals surface area contributed by atoms with Gasteiger partial charge in [0.2, 0.25) is 0 Å². The number of fused-ring (bicyclic) bond motifs is 3. The molecule has 0 bridgehead atoms. The van der Waals surface area contributed by atoms with Crippen LogP contribution in [0.2, 0.25) is 0 Å². The van der Waals surface area contributed by atoms with Crippen LogP contribution < -0.4 is 28.1 Å². The van der Waals surface area contributed by atoms with Crippen LogP contribution in [0.5, 0.6) is 0 Å². The van der Waals surface area contributed by atoms with Crippen LogP contribution in [0.4, 0.5) is 0 Å². The zero-order chi connectivity index (χ0) is 30.5. The molecular formula is C42H42Cl2Zr. The van der Waals surface area contributed by atoms with E-state index in [4.69, 9.17) is 0 Å². The normalized spacial score (nSPS) is 14.5. The molecule has 0 aliphatic heterocycles. The van der Waals surface area contributed by atoms with Gasteiger partial charge in [0.25, 0.3) is 0 Å². The molecule has 0 fully saturated rings. The standard InChI is InChI=1S/C17H13.C15H14.C10H15.2ClH.Zr/c1-3-12-5-7-14-11-15-8-6-13(4-2)10-17(15)16(14)9-12;1-12-3-7-14(8-4-12)11-15-9-5-13(2)6-10-15;1-8-5-6-9(7-8)10(2,3)4;;;/h3-7,9-10H,1-2,11H2;3-10H,1-2H3;6-8H,1-4H3;2*1H;/q;;;;;+2/p-2. The van der Waals surface area contributed by atoms with Gasteiger partial charge in [0.1, 0.15) is 0 Å². The summed E-state index contributed by atoms with van der Waals surface area (Å²) in [6.07, 6.45) is 10.1. The fourth-order valence-corrected chi connectivity index (χ4v) is 15.1. The molecule has 0 radical (unpaired) electrons. The van der Waals surface area contributed by atoms with Gasteiger partial charge in [-0.2, -0.15) is 0 Å². The van der Waals surface area contributed by atoms with Crippen molar-refractivity contribution in [2.24, 2.45) is 11.3 Å². The number of benzene rings is 4. The average molecular weight is 709 g/mol. The van der Waals surface area contributed by atoms with Gasteiger partial charge >= 0.3 is 268 Å². The van der Waals surface area contributed by atoms with Crippen molar-refractivity contribution in [3.05, 3.63) is 158 Å². The number of aryl methyl sites for hydroxylation is 2. The Balaban J connectivity index is 0.00000230. The second kappa shape index (κ2) is 13.9. The Morgan fingerprint density at radius 3 is 1.82 bits per heavy atom. The maximum Gasteiger partial charge on any atom is -1.00 e. The first-order valence-corrected chi connectivity index (χ1v) is 19.1. The molecule has 2 aliphatic rings. The van der Waals surface area contributed by atoms with Gasteiger partial charge in [0, 0.05) is 0 Å². The van der Waals surface area contributed by atoms with Crippen LogP contribution in [-0.4, -0.2) is 3.21 Å². The molecule has 6 rings (SSSR count). The first-order valence-electron chi connectivity index (χ1n) is 15.5. The summed E-state index contributed by atoms with van der Waals surface area (Å²) in [6, 6.07) is 30.3. The van der Waals surface area contributed by atoms with E-state index in [-0.39, 0.29) is 30.2 Å². The summed E-state index contributed by atoms with van der Waals surface area (Å²) in [5, 5.41) is 0. The number of hydrogen-bond donors (Lipinski definition) is 0. The smallest absolute Gasteiger partial charge is 1.00 e. The molecule has 0 N–H and O–H groups in total. The number of hydrogen-bond acceptors (Lipinski definition) is 0. The summed E-state index contributed by atoms with van der Waals surface area (Å²) < 4.78 is 4.81. The van der Waals surface area contributed by atoms with Crippen molar-refractivity contribution in [3.8, 4) is 11.1 Å². The second-order valence-electron chi connectivity index (χ2n) is 13.3. The molecule has 4 aromatic rings. The molecule has 2 aliphatic carbocycles. The molecule has 4 aromatic carbocycles. The minimum atomic E-state index is -2.86. The van der Waals surface area contributed by atoms with Crippen LogP contribution in [0.25, 0.3) is 23.3 Å². The van der Waals surface area contributed by atoms with E-state index in [2.05, 4.69) is 146 Å². The first kappa shape index (κ1) is 35.0. The minimum absolute atomic E-state index is 0. The zero-order valence-corrected chi connectivity index (χ0v) is 31.2. The quantitative estimate of drug-likeness (QED) is 0.249. The molecule has 0 aromatic heterocycles. The summed E-state index contributed by atoms with van der Waals surface area (Å²) in [5.74, 6) is 0.411. The molecule has 0 heterocycles. The van der Waals surface area contributed by atoms with Crippen molar-refractivity contribution >= 4 is 18.6 Å². The van der Waals surface area contributed by atoms with Crippen molar-refractivity contribution in [2.45, 2.75) is 48.0 Å². The third-order valence-corrected chi connectivity index (χ3v) is 17.1. The Hall–Kier alpha value is -2.83. The van der Waals surface area contributed by atoms with Crippen LogP contribution in [0.3, 0.4) is 0 Å². The van der Waals surface area contributed by atoms with Crippen LogP contribution >= 0.6 is 0 Å². The van der Waals surface area contributed by atoms with E-state index in [1.54, 1.807) is 9.76 Å². The Kier molecular flexibility index (Phi) is 10.8. The Morgan fingerprint density at radius 2 is 1.31 bits per heavy atom. The van der Waals surface area contributed by atoms with Gasteiger partial charge in [-0.3, -0.25) is 0 Å². The van der Waals surface area contributed by atoms with Gasteiger partial charge in [-0.05, 0) is 0 Å². The maximum absolute atomic E-state index is 4.26. The number of allylic oxidation sites excluding steroid dienone is 4. The molecule has 0 saturated carbocycles. The summed E-state index contributed by atoms with van der Waals surface area (Å²) in [5.41, 5.74) is 15.0. The van der Waals surface area contributed by atoms with E-state index in [1.807, 2.05) is 12.2 Å². The molecule has 228 valence electrons. The molecular weight excluding hydrogens is 667 g/mol. The van der Waals surface area contributed by atoms with E-state index in [1.165, 1.54) is 61.2 Å². The van der Waals surface area contributed by atoms with Crippen LogP contribution in [0, 0.1) is 25.2 Å². The Labute approximate surface area is 290 Å². The van der Waals surface area contributed by atoms with Crippen molar-refractivity contribution in [3.63, 3.8) is 0 Å². The van der Waals surface area contributed by atoms with Crippen LogP contribution in [-0.2, 0) is 27.7 Å². The first-order chi connectivity index (χ1) is 20.6. The zero-order valence-electron chi connectivity index (χ0n) is 27.3. The average Bonchev–Trinajstić information content (AvgIpc) is 3.57. The summed E-state index contributed by atoms with van der Waals surface area (Å²) in [4.78, 5) is 0. The van der Waals surface area contributed by atoms with Gasteiger partial charge in [0.15, 0.2) is 0 Å². The van der Waals surface area contributed by atoms with E-state index in [0.29, 0.717) is 5.92 Å². The molecule has 0 saturated heterocycles. The summed E-state index contributed by atoms with van der Waals surface area (Å²) >= 11 is -2.86. The van der Waals surface area contributed by atoms with Crippen LogP contribution in [0.1, 0.15) is 72.2 Å². The molecule has 3 heteroatoms. The fraction of sp³-hybridized carbons (Fsp3) is 0.214. The third kappa shape index (κ3) is 6.83. The van der Waals surface area contributed by atoms with Gasteiger partial charge in [0.05, 0.1) is 0 Å². The third-order valence-electron chi connectivity index (χ3n) is 9.12. The van der Waals surface area contributed by atoms with Gasteiger partial charge < -0.3 is 24.8 Å². The van der Waals surface area contributed by atoms with E-state index in [0.717, 1.165) is 6.42 Å². The maximum atomic E-state index is 4.26. The van der Waals surface area contributed by atoms with E-state index < -0.39 is 21.3 Å². The van der Waals surface area contributed by atoms with Gasteiger partial charge in [-0.25, -0.2) is 0 Å². The topological polar surface area (TPSA) is 0 Å². The summed E-state index contributed by atoms with van der Waals surface area (Å²) in [7, 11) is 0. The molecule has 1 atom stereocenters. The van der Waals surface area contributed by atoms with E-state index >= 15 is 0 Å². The largest absolute Gasteiger partial charge is 1.00 e. The fourth-order valence-electron chi connectivity index (χ4n) is 6.59. The minimum Gasteiger partial charge on any atom is -1.00 e. The number of halogens is 2. The predicted molar refractivity (Wildman–Crippen MR) is 185 cm³/mol. The number of rotatable bonds is 6. The van der Waals surface area contributed by atoms with Crippen molar-refractivity contribution in [1.29, 1.82) is 0 Å². The molecule has 1 unspecified atom stereocenters.